The molecule has 0 saturated carbocycles. The van der Waals surface area contributed by atoms with E-state index >= 15 is 0 Å². The van der Waals surface area contributed by atoms with Crippen molar-refractivity contribution in [2.75, 3.05) is 17.2 Å². The summed E-state index contributed by atoms with van der Waals surface area (Å²) in [5.41, 5.74) is 7.35. The number of carbonyl (C=O) groups is 1. The monoisotopic (exact) mass is 552 g/mol. The van der Waals surface area contributed by atoms with Crippen molar-refractivity contribution in [3.8, 4) is 27.5 Å². The fourth-order valence-electron chi connectivity index (χ4n) is 5.18. The van der Waals surface area contributed by atoms with Gasteiger partial charge in [-0.05, 0) is 56.9 Å². The Morgan fingerprint density at radius 3 is 2.75 bits per heavy atom. The zero-order valence-corrected chi connectivity index (χ0v) is 23.8. The van der Waals surface area contributed by atoms with Gasteiger partial charge in [-0.15, -0.1) is 0 Å². The summed E-state index contributed by atoms with van der Waals surface area (Å²) in [5, 5.41) is 12.1. The van der Waals surface area contributed by atoms with Crippen LogP contribution >= 0.6 is 11.3 Å². The van der Waals surface area contributed by atoms with Gasteiger partial charge in [-0.3, -0.25) is 4.79 Å². The minimum Gasteiger partial charge on any atom is -0.370 e. The number of imidazole rings is 1. The lowest BCUT2D eigenvalue weighted by atomic mass is 10.0. The lowest BCUT2D eigenvalue weighted by Crippen LogP contribution is -2.13. The third-order valence-corrected chi connectivity index (χ3v) is 8.24. The molecule has 10 heteroatoms. The smallest absolute Gasteiger partial charge is 0.226 e. The highest BCUT2D eigenvalue weighted by Crippen LogP contribution is 2.43. The van der Waals surface area contributed by atoms with Crippen molar-refractivity contribution in [2.24, 2.45) is 7.05 Å². The Balaban J connectivity index is 1.39. The summed E-state index contributed by atoms with van der Waals surface area (Å²) in [4.78, 5) is 27.7. The van der Waals surface area contributed by atoms with Crippen LogP contribution in [0.25, 0.3) is 27.5 Å². The first-order valence-electron chi connectivity index (χ1n) is 13.7. The molecule has 6 rings (SSSR count). The summed E-state index contributed by atoms with van der Waals surface area (Å²) in [5.74, 6) is 1.67. The number of anilines is 2. The summed E-state index contributed by atoms with van der Waals surface area (Å²) >= 11 is 1.53. The number of aromatic nitrogens is 6. The summed E-state index contributed by atoms with van der Waals surface area (Å²) < 4.78 is 4.00. The number of nitrogens with zero attached hydrogens (tertiary/aromatic N) is 6. The summed E-state index contributed by atoms with van der Waals surface area (Å²) in [6.07, 6.45) is 9.15. The lowest BCUT2D eigenvalue weighted by molar-refractivity contribution is -0.116. The van der Waals surface area contributed by atoms with E-state index in [1.54, 1.807) is 6.20 Å². The van der Waals surface area contributed by atoms with Crippen molar-refractivity contribution in [1.82, 2.24) is 29.3 Å². The first-order valence-corrected chi connectivity index (χ1v) is 14.5. The SMILES string of the molecule is CCNc1ccc(-c2nn(-c3ccccc3C)c3c2CCCc2nc(NC(=O)CCc4nccn4C)sc2-3)cn1. The van der Waals surface area contributed by atoms with Gasteiger partial charge in [0, 0.05) is 56.2 Å². The van der Waals surface area contributed by atoms with Crippen LogP contribution in [0.4, 0.5) is 10.9 Å². The summed E-state index contributed by atoms with van der Waals surface area (Å²) in [7, 11) is 1.94. The molecule has 0 unspecified atom stereocenters. The van der Waals surface area contributed by atoms with Crippen LogP contribution in [0.5, 0.6) is 0 Å². The Kier molecular flexibility index (Phi) is 7.17. The van der Waals surface area contributed by atoms with Crippen molar-refractivity contribution >= 4 is 28.2 Å². The second kappa shape index (κ2) is 11.1. The van der Waals surface area contributed by atoms with E-state index in [0.717, 1.165) is 76.2 Å². The van der Waals surface area contributed by atoms with Crippen LogP contribution in [-0.2, 0) is 31.1 Å². The molecular weight excluding hydrogens is 520 g/mol. The molecule has 2 N–H and O–H groups in total. The molecule has 0 fully saturated rings. The van der Waals surface area contributed by atoms with E-state index < -0.39 is 0 Å². The van der Waals surface area contributed by atoms with Gasteiger partial charge >= 0.3 is 0 Å². The number of thiazole rings is 1. The number of carbonyl (C=O) groups excluding carboxylic acids is 1. The number of amides is 1. The van der Waals surface area contributed by atoms with Crippen LogP contribution in [0.2, 0.25) is 0 Å². The van der Waals surface area contributed by atoms with Crippen LogP contribution in [0.1, 0.15) is 42.4 Å². The number of nitrogens with one attached hydrogen (secondary N) is 2. The normalized spacial score (nSPS) is 12.5. The van der Waals surface area contributed by atoms with E-state index in [4.69, 9.17) is 10.1 Å². The Hall–Kier alpha value is -4.31. The number of fused-ring (bicyclic) bond motifs is 3. The first-order chi connectivity index (χ1) is 19.5. The number of para-hydroxylation sites is 1. The van der Waals surface area contributed by atoms with Crippen molar-refractivity contribution in [3.05, 3.63) is 77.6 Å². The van der Waals surface area contributed by atoms with Gasteiger partial charge in [-0.2, -0.15) is 5.10 Å². The highest BCUT2D eigenvalue weighted by atomic mass is 32.1. The molecule has 5 aromatic rings. The van der Waals surface area contributed by atoms with E-state index in [2.05, 4.69) is 57.3 Å². The standard InChI is InChI=1S/C30H32N8OS/c1-4-31-24-13-12-20(18-33-24)27-21-9-7-10-22-29(28(21)38(36-27)23-11-6-5-8-19(23)2)40-30(34-22)35-26(39)15-14-25-32-16-17-37(25)3/h5-6,8,11-13,16-18H,4,7,9-10,14-15H2,1-3H3,(H,31,33)(H,34,35,39). The maximum absolute atomic E-state index is 12.8. The van der Waals surface area contributed by atoms with Crippen LogP contribution in [0.3, 0.4) is 0 Å². The van der Waals surface area contributed by atoms with Gasteiger partial charge in [0.05, 0.1) is 27.6 Å². The molecule has 0 aliphatic heterocycles. The van der Waals surface area contributed by atoms with E-state index in [1.165, 1.54) is 16.9 Å². The van der Waals surface area contributed by atoms with Gasteiger partial charge in [0.25, 0.3) is 0 Å². The average molecular weight is 553 g/mol. The molecule has 0 bridgehead atoms. The maximum Gasteiger partial charge on any atom is 0.226 e. The number of pyridine rings is 1. The first kappa shape index (κ1) is 25.9. The molecule has 204 valence electrons. The number of benzene rings is 1. The van der Waals surface area contributed by atoms with E-state index in [9.17, 15) is 4.79 Å². The molecule has 0 atom stereocenters. The van der Waals surface area contributed by atoms with Gasteiger partial charge in [0.2, 0.25) is 5.91 Å². The molecule has 1 aromatic carbocycles. The second-order valence-electron chi connectivity index (χ2n) is 9.99. The third kappa shape index (κ3) is 5.02. The molecule has 4 aromatic heterocycles. The molecule has 0 radical (unpaired) electrons. The second-order valence-corrected chi connectivity index (χ2v) is 11.0. The number of hydrogen-bond acceptors (Lipinski definition) is 7. The van der Waals surface area contributed by atoms with Crippen molar-refractivity contribution < 1.29 is 4.79 Å². The molecule has 1 aliphatic rings. The Bertz CT molecular complexity index is 1660. The van der Waals surface area contributed by atoms with Crippen molar-refractivity contribution in [2.45, 2.75) is 46.0 Å². The molecule has 1 amide bonds. The maximum atomic E-state index is 12.8. The highest BCUT2D eigenvalue weighted by Gasteiger charge is 2.29. The number of aryl methyl sites for hydroxylation is 4. The predicted octanol–water partition coefficient (Wildman–Crippen LogP) is 5.59. The van der Waals surface area contributed by atoms with Gasteiger partial charge < -0.3 is 15.2 Å². The Morgan fingerprint density at radius 1 is 1.12 bits per heavy atom. The van der Waals surface area contributed by atoms with Crippen LogP contribution < -0.4 is 10.6 Å². The molecule has 9 nitrogen and oxygen atoms in total. The minimum atomic E-state index is -0.0629. The molecule has 0 saturated heterocycles. The Labute approximate surface area is 237 Å². The van der Waals surface area contributed by atoms with Crippen LogP contribution in [0.15, 0.2) is 55.0 Å². The molecule has 40 heavy (non-hydrogen) atoms. The molecule has 4 heterocycles. The quantitative estimate of drug-likeness (QED) is 0.260. The number of hydrogen-bond donors (Lipinski definition) is 2. The lowest BCUT2D eigenvalue weighted by Gasteiger charge is -2.10. The topological polar surface area (TPSA) is 103 Å². The predicted molar refractivity (Wildman–Crippen MR) is 159 cm³/mol. The summed E-state index contributed by atoms with van der Waals surface area (Å²) in [6, 6.07) is 12.4. The van der Waals surface area contributed by atoms with E-state index in [1.807, 2.05) is 42.2 Å². The fourth-order valence-corrected chi connectivity index (χ4v) is 6.27. The molecule has 0 spiro atoms. The van der Waals surface area contributed by atoms with Crippen LogP contribution in [-0.4, -0.2) is 41.8 Å². The van der Waals surface area contributed by atoms with Crippen molar-refractivity contribution in [1.29, 1.82) is 0 Å². The molecule has 1 aliphatic carbocycles. The van der Waals surface area contributed by atoms with E-state index in [-0.39, 0.29) is 5.91 Å². The fraction of sp³-hybridized carbons (Fsp3) is 0.300. The van der Waals surface area contributed by atoms with Gasteiger partial charge in [-0.25, -0.2) is 19.6 Å². The van der Waals surface area contributed by atoms with Crippen LogP contribution in [0, 0.1) is 6.92 Å². The average Bonchev–Trinajstić information content (AvgIpc) is 3.62. The molecular formula is C30H32N8OS. The zero-order valence-electron chi connectivity index (χ0n) is 22.9. The zero-order chi connectivity index (χ0) is 27.6. The van der Waals surface area contributed by atoms with Gasteiger partial charge in [0.1, 0.15) is 11.6 Å². The van der Waals surface area contributed by atoms with Gasteiger partial charge in [-0.1, -0.05) is 29.5 Å². The van der Waals surface area contributed by atoms with Gasteiger partial charge in [0.15, 0.2) is 5.13 Å². The third-order valence-electron chi connectivity index (χ3n) is 7.22. The summed E-state index contributed by atoms with van der Waals surface area (Å²) in [6.45, 7) is 4.98. The van der Waals surface area contributed by atoms with Crippen molar-refractivity contribution in [3.63, 3.8) is 0 Å². The Morgan fingerprint density at radius 2 is 2.00 bits per heavy atom. The minimum absolute atomic E-state index is 0.0629. The highest BCUT2D eigenvalue weighted by molar-refractivity contribution is 7.19. The number of rotatable bonds is 8. The van der Waals surface area contributed by atoms with E-state index in [0.29, 0.717) is 18.0 Å². The largest absolute Gasteiger partial charge is 0.370 e.